The summed E-state index contributed by atoms with van der Waals surface area (Å²) >= 11 is 1.37. The molecule has 0 bridgehead atoms. The minimum atomic E-state index is -0.0224. The van der Waals surface area contributed by atoms with Crippen LogP contribution in [-0.2, 0) is 0 Å². The molecule has 0 saturated heterocycles. The molecular formula is C14H10N2O3S. The van der Waals surface area contributed by atoms with Gasteiger partial charge in [0.2, 0.25) is 0 Å². The standard InChI is InChI=1S/C14H10N2O3S/c17-10-5-6-20-12(10)14-15-13(16-19-14)9-7-18-11-4-2-1-3-8(9)11/h1-6,9,17H,7H2. The zero-order valence-corrected chi connectivity index (χ0v) is 11.1. The smallest absolute Gasteiger partial charge is 0.271 e. The Bertz CT molecular complexity index is 765. The zero-order chi connectivity index (χ0) is 13.5. The molecule has 4 rings (SSSR count). The number of thiophene rings is 1. The van der Waals surface area contributed by atoms with Crippen molar-refractivity contribution in [3.05, 3.63) is 47.1 Å². The Morgan fingerprint density at radius 2 is 2.15 bits per heavy atom. The minimum absolute atomic E-state index is 0.0224. The van der Waals surface area contributed by atoms with Crippen LogP contribution in [0, 0.1) is 0 Å². The van der Waals surface area contributed by atoms with Crippen molar-refractivity contribution in [2.75, 3.05) is 6.61 Å². The van der Waals surface area contributed by atoms with Gasteiger partial charge in [-0.05, 0) is 17.5 Å². The molecule has 0 aliphatic carbocycles. The van der Waals surface area contributed by atoms with Gasteiger partial charge in [0.25, 0.3) is 5.89 Å². The van der Waals surface area contributed by atoms with Gasteiger partial charge in [-0.15, -0.1) is 11.3 Å². The van der Waals surface area contributed by atoms with Crippen molar-refractivity contribution >= 4 is 11.3 Å². The van der Waals surface area contributed by atoms with Gasteiger partial charge in [-0.2, -0.15) is 4.98 Å². The molecule has 3 aromatic rings. The van der Waals surface area contributed by atoms with Gasteiger partial charge in [-0.25, -0.2) is 0 Å². The number of ether oxygens (including phenoxy) is 1. The maximum Gasteiger partial charge on any atom is 0.271 e. The van der Waals surface area contributed by atoms with Crippen LogP contribution in [-0.4, -0.2) is 21.9 Å². The topological polar surface area (TPSA) is 68.4 Å². The van der Waals surface area contributed by atoms with Crippen molar-refractivity contribution in [2.45, 2.75) is 5.92 Å². The first-order chi connectivity index (χ1) is 9.83. The molecule has 100 valence electrons. The lowest BCUT2D eigenvalue weighted by Crippen LogP contribution is -2.04. The number of para-hydroxylation sites is 1. The van der Waals surface area contributed by atoms with Crippen LogP contribution in [0.5, 0.6) is 11.5 Å². The molecule has 3 heterocycles. The van der Waals surface area contributed by atoms with Crippen LogP contribution in [0.2, 0.25) is 0 Å². The Balaban J connectivity index is 1.72. The fourth-order valence-electron chi connectivity index (χ4n) is 2.31. The van der Waals surface area contributed by atoms with Crippen LogP contribution in [0.4, 0.5) is 0 Å². The van der Waals surface area contributed by atoms with Gasteiger partial charge in [0.1, 0.15) is 23.0 Å². The van der Waals surface area contributed by atoms with E-state index < -0.39 is 0 Å². The lowest BCUT2D eigenvalue weighted by atomic mass is 10.0. The number of aromatic nitrogens is 2. The molecule has 0 fully saturated rings. The van der Waals surface area contributed by atoms with Gasteiger partial charge in [0.05, 0.1) is 5.92 Å². The van der Waals surface area contributed by atoms with Crippen LogP contribution < -0.4 is 4.74 Å². The van der Waals surface area contributed by atoms with E-state index in [1.165, 1.54) is 11.3 Å². The maximum atomic E-state index is 9.69. The third kappa shape index (κ3) is 1.69. The van der Waals surface area contributed by atoms with E-state index in [2.05, 4.69) is 10.1 Å². The largest absolute Gasteiger partial charge is 0.506 e. The second kappa shape index (κ2) is 4.35. The van der Waals surface area contributed by atoms with E-state index in [0.29, 0.717) is 23.2 Å². The van der Waals surface area contributed by atoms with E-state index in [-0.39, 0.29) is 11.7 Å². The second-order valence-electron chi connectivity index (χ2n) is 4.49. The predicted molar refractivity (Wildman–Crippen MR) is 73.1 cm³/mol. The van der Waals surface area contributed by atoms with Crippen LogP contribution in [0.1, 0.15) is 17.3 Å². The second-order valence-corrected chi connectivity index (χ2v) is 5.41. The summed E-state index contributed by atoms with van der Waals surface area (Å²) in [4.78, 5) is 4.98. The maximum absolute atomic E-state index is 9.69. The van der Waals surface area contributed by atoms with E-state index in [9.17, 15) is 5.11 Å². The van der Waals surface area contributed by atoms with E-state index in [4.69, 9.17) is 9.26 Å². The number of nitrogens with zero attached hydrogens (tertiary/aromatic N) is 2. The van der Waals surface area contributed by atoms with Crippen LogP contribution in [0.25, 0.3) is 10.8 Å². The molecule has 6 heteroatoms. The summed E-state index contributed by atoms with van der Waals surface area (Å²) in [5, 5.41) is 15.5. The van der Waals surface area contributed by atoms with Crippen molar-refractivity contribution in [1.82, 2.24) is 10.1 Å². The Morgan fingerprint density at radius 3 is 3.00 bits per heavy atom. The average Bonchev–Trinajstić information content (AvgIpc) is 3.15. The molecule has 1 N–H and O–H groups in total. The number of rotatable bonds is 2. The van der Waals surface area contributed by atoms with Gasteiger partial charge in [-0.3, -0.25) is 0 Å². The summed E-state index contributed by atoms with van der Waals surface area (Å²) < 4.78 is 10.9. The summed E-state index contributed by atoms with van der Waals surface area (Å²) in [6, 6.07) is 9.45. The molecule has 2 aromatic heterocycles. The number of fused-ring (bicyclic) bond motifs is 1. The molecule has 5 nitrogen and oxygen atoms in total. The molecule has 1 unspecified atom stereocenters. The van der Waals surface area contributed by atoms with Gasteiger partial charge < -0.3 is 14.4 Å². The summed E-state index contributed by atoms with van der Waals surface area (Å²) in [5.74, 6) is 1.93. The third-order valence-corrected chi connectivity index (χ3v) is 4.18. The van der Waals surface area contributed by atoms with Gasteiger partial charge in [0, 0.05) is 5.56 Å². The lowest BCUT2D eigenvalue weighted by molar-refractivity contribution is 0.334. The number of aromatic hydroxyl groups is 1. The summed E-state index contributed by atoms with van der Waals surface area (Å²) in [7, 11) is 0. The van der Waals surface area contributed by atoms with Crippen molar-refractivity contribution < 1.29 is 14.4 Å². The quantitative estimate of drug-likeness (QED) is 0.784. The summed E-state index contributed by atoms with van der Waals surface area (Å²) in [6.07, 6.45) is 0. The molecule has 1 aliphatic heterocycles. The fraction of sp³-hybridized carbons (Fsp3) is 0.143. The molecule has 1 atom stereocenters. The number of hydrogen-bond acceptors (Lipinski definition) is 6. The highest BCUT2D eigenvalue weighted by Gasteiger charge is 2.30. The molecule has 1 aromatic carbocycles. The molecule has 0 radical (unpaired) electrons. The van der Waals surface area contributed by atoms with Crippen LogP contribution in [0.15, 0.2) is 40.2 Å². The summed E-state index contributed by atoms with van der Waals surface area (Å²) in [6.45, 7) is 0.509. The van der Waals surface area contributed by atoms with Crippen molar-refractivity contribution in [3.63, 3.8) is 0 Å². The summed E-state index contributed by atoms with van der Waals surface area (Å²) in [5.41, 5.74) is 1.07. The molecule has 20 heavy (non-hydrogen) atoms. The fourth-order valence-corrected chi connectivity index (χ4v) is 3.01. The van der Waals surface area contributed by atoms with Gasteiger partial charge in [-0.1, -0.05) is 23.4 Å². The first kappa shape index (κ1) is 11.5. The van der Waals surface area contributed by atoms with Crippen molar-refractivity contribution in [2.24, 2.45) is 0 Å². The van der Waals surface area contributed by atoms with E-state index in [1.54, 1.807) is 11.4 Å². The highest BCUT2D eigenvalue weighted by atomic mass is 32.1. The molecule has 0 amide bonds. The van der Waals surface area contributed by atoms with E-state index in [1.807, 2.05) is 24.3 Å². The van der Waals surface area contributed by atoms with Gasteiger partial charge >= 0.3 is 0 Å². The Morgan fingerprint density at radius 1 is 1.25 bits per heavy atom. The highest BCUT2D eigenvalue weighted by Crippen LogP contribution is 2.38. The lowest BCUT2D eigenvalue weighted by Gasteiger charge is -2.01. The monoisotopic (exact) mass is 286 g/mol. The Kier molecular flexibility index (Phi) is 2.50. The van der Waals surface area contributed by atoms with E-state index in [0.717, 1.165) is 11.3 Å². The van der Waals surface area contributed by atoms with Crippen molar-refractivity contribution in [1.29, 1.82) is 0 Å². The van der Waals surface area contributed by atoms with Crippen LogP contribution in [0.3, 0.4) is 0 Å². The average molecular weight is 286 g/mol. The van der Waals surface area contributed by atoms with Crippen LogP contribution >= 0.6 is 11.3 Å². The number of hydrogen-bond donors (Lipinski definition) is 1. The first-order valence-electron chi connectivity index (χ1n) is 6.15. The van der Waals surface area contributed by atoms with Crippen molar-refractivity contribution in [3.8, 4) is 22.3 Å². The normalized spacial score (nSPS) is 16.9. The van der Waals surface area contributed by atoms with E-state index >= 15 is 0 Å². The third-order valence-electron chi connectivity index (χ3n) is 3.29. The SMILES string of the molecule is Oc1ccsc1-c1nc(C2COc3ccccc32)no1. The molecule has 0 spiro atoms. The predicted octanol–water partition coefficient (Wildman–Crippen LogP) is 3.03. The molecule has 0 saturated carbocycles. The Hall–Kier alpha value is -2.34. The molecular weight excluding hydrogens is 276 g/mol. The minimum Gasteiger partial charge on any atom is -0.506 e. The van der Waals surface area contributed by atoms with Gasteiger partial charge in [0.15, 0.2) is 5.82 Å². The molecule has 1 aliphatic rings. The number of benzene rings is 1. The first-order valence-corrected chi connectivity index (χ1v) is 7.03. The highest BCUT2D eigenvalue weighted by molar-refractivity contribution is 7.13. The Labute approximate surface area is 118 Å². The zero-order valence-electron chi connectivity index (χ0n) is 10.3.